The van der Waals surface area contributed by atoms with Gasteiger partial charge in [0.25, 0.3) is 0 Å². The third kappa shape index (κ3) is 2.04. The van der Waals surface area contributed by atoms with Crippen LogP contribution in [-0.4, -0.2) is 32.1 Å². The molecule has 3 heterocycles. The molecule has 1 spiro atoms. The molecule has 8 rings (SSSR count). The molecule has 3 aliphatic carbocycles. The summed E-state index contributed by atoms with van der Waals surface area (Å²) in [5, 5.41) is 10.3. The Kier molecular flexibility index (Phi) is 3.44. The van der Waals surface area contributed by atoms with Crippen molar-refractivity contribution in [1.82, 2.24) is 9.47 Å². The van der Waals surface area contributed by atoms with Gasteiger partial charge in [-0.1, -0.05) is 24.3 Å². The number of aromatic nitrogens is 1. The summed E-state index contributed by atoms with van der Waals surface area (Å²) in [6.45, 7) is 2.31. The average molecular weight is 429 g/mol. The van der Waals surface area contributed by atoms with Crippen LogP contribution in [0.1, 0.15) is 59.7 Å². The fraction of sp³-hybridized carbons (Fsp3) is 0.370. The first-order chi connectivity index (χ1) is 15.4. The number of fused-ring (bicyclic) bond motifs is 7. The molecule has 162 valence electrons. The lowest BCUT2D eigenvalue weighted by Gasteiger charge is -2.77. The van der Waals surface area contributed by atoms with E-state index in [1.165, 1.54) is 47.1 Å². The summed E-state index contributed by atoms with van der Waals surface area (Å²) in [6, 6.07) is 12.3. The molecule has 1 aromatic heterocycles. The van der Waals surface area contributed by atoms with Crippen molar-refractivity contribution in [2.24, 2.45) is 13.0 Å². The van der Waals surface area contributed by atoms with Gasteiger partial charge in [-0.2, -0.15) is 0 Å². The van der Waals surface area contributed by atoms with E-state index in [-0.39, 0.29) is 17.4 Å². The number of hydrogen-bond donors (Lipinski definition) is 1. The van der Waals surface area contributed by atoms with Gasteiger partial charge < -0.3 is 9.67 Å². The van der Waals surface area contributed by atoms with Gasteiger partial charge in [-0.3, -0.25) is 4.90 Å². The Morgan fingerprint density at radius 2 is 2.03 bits per heavy atom. The van der Waals surface area contributed by atoms with Crippen LogP contribution in [0.4, 0.5) is 4.39 Å². The summed E-state index contributed by atoms with van der Waals surface area (Å²) in [4.78, 5) is 13.7. The molecular formula is C27H25FN2O2. The van der Waals surface area contributed by atoms with E-state index in [1.807, 2.05) is 0 Å². The highest BCUT2D eigenvalue weighted by Gasteiger charge is 2.73. The Morgan fingerprint density at radius 1 is 1.25 bits per heavy atom. The zero-order valence-corrected chi connectivity index (χ0v) is 18.2. The third-order valence-electron chi connectivity index (χ3n) is 8.78. The van der Waals surface area contributed by atoms with Crippen molar-refractivity contribution in [2.45, 2.75) is 49.7 Å². The molecule has 3 atom stereocenters. The van der Waals surface area contributed by atoms with E-state index in [2.05, 4.69) is 53.8 Å². The van der Waals surface area contributed by atoms with Crippen LogP contribution in [0.2, 0.25) is 0 Å². The Balaban J connectivity index is 1.51. The minimum Gasteiger partial charge on any atom is -0.478 e. The molecule has 2 unspecified atom stereocenters. The van der Waals surface area contributed by atoms with Gasteiger partial charge in [0.1, 0.15) is 5.82 Å². The topological polar surface area (TPSA) is 45.5 Å². The minimum atomic E-state index is -1.02. The fourth-order valence-electron chi connectivity index (χ4n) is 7.65. The van der Waals surface area contributed by atoms with E-state index in [0.29, 0.717) is 23.4 Å². The lowest BCUT2D eigenvalue weighted by molar-refractivity contribution is -0.209. The summed E-state index contributed by atoms with van der Waals surface area (Å²) in [6.07, 6.45) is 5.98. The molecule has 2 aromatic carbocycles. The second-order valence-corrected chi connectivity index (χ2v) is 10.2. The number of halogens is 1. The van der Waals surface area contributed by atoms with Crippen molar-refractivity contribution in [3.8, 4) is 0 Å². The van der Waals surface area contributed by atoms with E-state index in [9.17, 15) is 4.79 Å². The Morgan fingerprint density at radius 3 is 2.75 bits per heavy atom. The number of aryl methyl sites for hydroxylation is 1. The molecular weight excluding hydrogens is 403 g/mol. The van der Waals surface area contributed by atoms with Crippen molar-refractivity contribution in [3.05, 3.63) is 76.2 Å². The smallest absolute Gasteiger partial charge is 0.328 e. The largest absolute Gasteiger partial charge is 0.478 e. The molecule has 2 bridgehead atoms. The molecule has 0 radical (unpaired) electrons. The lowest BCUT2D eigenvalue weighted by atomic mass is 9.37. The van der Waals surface area contributed by atoms with Gasteiger partial charge >= 0.3 is 5.97 Å². The highest BCUT2D eigenvalue weighted by molar-refractivity contribution is 5.87. The number of aliphatic carboxylic acids is 1. The summed E-state index contributed by atoms with van der Waals surface area (Å²) >= 11 is 0. The first-order valence-electron chi connectivity index (χ1n) is 11.5. The van der Waals surface area contributed by atoms with Crippen LogP contribution in [0.25, 0.3) is 17.0 Å². The number of carboxylic acid groups (broad SMARTS) is 1. The Bertz CT molecular complexity index is 1360. The van der Waals surface area contributed by atoms with Crippen LogP contribution in [-0.2, 0) is 18.3 Å². The van der Waals surface area contributed by atoms with Gasteiger partial charge in [-0.05, 0) is 67.0 Å². The van der Waals surface area contributed by atoms with Crippen molar-refractivity contribution in [3.63, 3.8) is 0 Å². The van der Waals surface area contributed by atoms with Crippen LogP contribution >= 0.6 is 0 Å². The fourth-order valence-corrected chi connectivity index (χ4v) is 7.65. The summed E-state index contributed by atoms with van der Waals surface area (Å²) in [5.41, 5.74) is 6.44. The zero-order chi connectivity index (χ0) is 21.9. The number of nitrogens with zero attached hydrogens (tertiary/aromatic N) is 2. The Labute approximate surface area is 186 Å². The molecule has 4 nitrogen and oxygen atoms in total. The number of carbonyl (C=O) groups is 1. The molecule has 5 heteroatoms. The van der Waals surface area contributed by atoms with Crippen molar-refractivity contribution >= 4 is 22.9 Å². The number of benzene rings is 2. The van der Waals surface area contributed by atoms with Crippen LogP contribution in [0, 0.1) is 11.7 Å². The quantitative estimate of drug-likeness (QED) is 0.584. The zero-order valence-electron chi connectivity index (χ0n) is 18.2. The number of para-hydroxylation sites is 1. The third-order valence-corrected chi connectivity index (χ3v) is 8.78. The molecule has 1 N–H and O–H groups in total. The van der Waals surface area contributed by atoms with Gasteiger partial charge in [0, 0.05) is 52.8 Å². The van der Waals surface area contributed by atoms with Gasteiger partial charge in [0.15, 0.2) is 0 Å². The summed E-state index contributed by atoms with van der Waals surface area (Å²) in [7, 11) is 2.12. The highest BCUT2D eigenvalue weighted by atomic mass is 19.1. The van der Waals surface area contributed by atoms with Crippen molar-refractivity contribution in [2.75, 3.05) is 0 Å². The van der Waals surface area contributed by atoms with E-state index >= 15 is 4.39 Å². The lowest BCUT2D eigenvalue weighted by Crippen LogP contribution is -2.78. The van der Waals surface area contributed by atoms with Crippen LogP contribution in [0.5, 0.6) is 0 Å². The average Bonchev–Trinajstić information content (AvgIpc) is 2.98. The first-order valence-corrected chi connectivity index (χ1v) is 11.5. The van der Waals surface area contributed by atoms with E-state index in [0.717, 1.165) is 23.6 Å². The van der Waals surface area contributed by atoms with Gasteiger partial charge in [0.05, 0.1) is 6.04 Å². The Hall–Kier alpha value is -2.92. The maximum atomic E-state index is 15.9. The molecule has 0 amide bonds. The predicted octanol–water partition coefficient (Wildman–Crippen LogP) is 5.01. The SMILES string of the molecule is C[C@@H]1Cc2c(n(C)c3ccccc23)C2c3c(F)cc(/C=C/C(=O)O)cc3C3C4CC3(C4)N21. The highest BCUT2D eigenvalue weighted by Crippen LogP contribution is 2.75. The second-order valence-electron chi connectivity index (χ2n) is 10.2. The van der Waals surface area contributed by atoms with Crippen molar-refractivity contribution in [1.29, 1.82) is 0 Å². The standard InChI is InChI=1S/C27H25FN2O2/c1-14-9-18-17-5-3-4-6-21(17)29(2)25(18)26-23-19(24-16-12-27(24,13-16)30(14)26)10-15(11-20(23)28)7-8-22(31)32/h3-8,10-11,14,16,24,26H,9,12-13H2,1-2H3,(H,31,32)/b8-7+/t14-,16?,24?,26?,27?/m1/s1. The van der Waals surface area contributed by atoms with Gasteiger partial charge in [-0.25, -0.2) is 9.18 Å². The molecule has 3 fully saturated rings. The summed E-state index contributed by atoms with van der Waals surface area (Å²) in [5.74, 6) is -0.249. The van der Waals surface area contributed by atoms with E-state index in [4.69, 9.17) is 5.11 Å². The van der Waals surface area contributed by atoms with E-state index < -0.39 is 5.97 Å². The predicted molar refractivity (Wildman–Crippen MR) is 121 cm³/mol. The molecule has 3 saturated carbocycles. The van der Waals surface area contributed by atoms with Gasteiger partial charge in [-0.15, -0.1) is 0 Å². The first kappa shape index (κ1) is 18.6. The monoisotopic (exact) mass is 428 g/mol. The number of rotatable bonds is 2. The molecule has 0 saturated heterocycles. The molecule has 5 aliphatic rings. The van der Waals surface area contributed by atoms with Gasteiger partial charge in [0.2, 0.25) is 0 Å². The number of carboxylic acids is 1. The molecule has 3 aromatic rings. The maximum absolute atomic E-state index is 15.9. The molecule has 2 aliphatic heterocycles. The van der Waals surface area contributed by atoms with Crippen LogP contribution in [0.3, 0.4) is 0 Å². The maximum Gasteiger partial charge on any atom is 0.328 e. The molecule has 32 heavy (non-hydrogen) atoms. The van der Waals surface area contributed by atoms with Crippen molar-refractivity contribution < 1.29 is 14.3 Å². The van der Waals surface area contributed by atoms with E-state index in [1.54, 1.807) is 0 Å². The van der Waals surface area contributed by atoms with Crippen LogP contribution in [0.15, 0.2) is 42.5 Å². The summed E-state index contributed by atoms with van der Waals surface area (Å²) < 4.78 is 18.2. The normalized spacial score (nSPS) is 32.0. The second kappa shape index (κ2) is 5.90. The number of hydrogen-bond acceptors (Lipinski definition) is 2. The van der Waals surface area contributed by atoms with Crippen LogP contribution < -0.4 is 0 Å². The minimum absolute atomic E-state index is 0.101.